The minimum Gasteiger partial charge on any atom is -0.484 e. The third-order valence-electron chi connectivity index (χ3n) is 3.06. The van der Waals surface area contributed by atoms with Gasteiger partial charge < -0.3 is 15.4 Å². The minimum absolute atomic E-state index is 0.0870. The third-order valence-corrected chi connectivity index (χ3v) is 3.06. The topological polar surface area (TPSA) is 67.4 Å². The fourth-order valence-electron chi connectivity index (χ4n) is 1.94. The molecule has 2 N–H and O–H groups in total. The zero-order valence-corrected chi connectivity index (χ0v) is 13.0. The van der Waals surface area contributed by atoms with E-state index in [-0.39, 0.29) is 18.4 Å². The van der Waals surface area contributed by atoms with E-state index >= 15 is 0 Å². The quantitative estimate of drug-likeness (QED) is 0.826. The molecule has 0 heterocycles. The molecule has 2 rings (SSSR count). The number of rotatable bonds is 7. The lowest BCUT2D eigenvalue weighted by Gasteiger charge is -2.09. The number of carbonyl (C=O) groups excluding carboxylic acids is 2. The molecule has 5 nitrogen and oxygen atoms in total. The highest BCUT2D eigenvalue weighted by molar-refractivity contribution is 5.97. The van der Waals surface area contributed by atoms with Crippen LogP contribution in [0.15, 0.2) is 54.6 Å². The summed E-state index contributed by atoms with van der Waals surface area (Å²) in [5.74, 6) is 0.207. The second-order valence-corrected chi connectivity index (χ2v) is 4.99. The van der Waals surface area contributed by atoms with Gasteiger partial charge in [-0.1, -0.05) is 31.2 Å². The Morgan fingerprint density at radius 1 is 1.04 bits per heavy atom. The summed E-state index contributed by atoms with van der Waals surface area (Å²) in [6.07, 6.45) is 0.874. The molecule has 0 aliphatic rings. The molecule has 0 radical (unpaired) electrons. The van der Waals surface area contributed by atoms with Crippen LogP contribution in [0.2, 0.25) is 0 Å². The van der Waals surface area contributed by atoms with Gasteiger partial charge in [0.2, 0.25) is 0 Å². The number of hydrogen-bond donors (Lipinski definition) is 2. The van der Waals surface area contributed by atoms with Crippen molar-refractivity contribution in [3.05, 3.63) is 60.2 Å². The average Bonchev–Trinajstić information content (AvgIpc) is 2.59. The number of nitrogens with one attached hydrogen (secondary N) is 2. The van der Waals surface area contributed by atoms with Gasteiger partial charge in [0.05, 0.1) is 0 Å². The van der Waals surface area contributed by atoms with Crippen molar-refractivity contribution in [3.63, 3.8) is 0 Å². The van der Waals surface area contributed by atoms with Crippen molar-refractivity contribution < 1.29 is 14.3 Å². The smallest absolute Gasteiger partial charge is 0.262 e. The summed E-state index contributed by atoms with van der Waals surface area (Å²) < 4.78 is 5.38. The van der Waals surface area contributed by atoms with Gasteiger partial charge in [0, 0.05) is 17.8 Å². The summed E-state index contributed by atoms with van der Waals surface area (Å²) in [4.78, 5) is 23.8. The molecular weight excluding hydrogens is 292 g/mol. The number of carbonyl (C=O) groups is 2. The first kappa shape index (κ1) is 16.5. The van der Waals surface area contributed by atoms with Gasteiger partial charge in [-0.25, -0.2) is 0 Å². The van der Waals surface area contributed by atoms with E-state index < -0.39 is 0 Å². The molecule has 2 amide bonds. The molecule has 2 aromatic rings. The molecule has 0 fully saturated rings. The number of anilines is 1. The zero-order valence-electron chi connectivity index (χ0n) is 13.0. The highest BCUT2D eigenvalue weighted by Gasteiger charge is 2.08. The fraction of sp³-hybridized carbons (Fsp3) is 0.222. The van der Waals surface area contributed by atoms with E-state index in [9.17, 15) is 9.59 Å². The standard InChI is InChI=1S/C18H20N2O3/c1-2-11-19-18(22)14-7-6-8-15(12-14)20-17(21)13-23-16-9-4-3-5-10-16/h3-10,12H,2,11,13H2,1H3,(H,19,22)(H,20,21). The first-order valence-corrected chi connectivity index (χ1v) is 7.55. The number of ether oxygens (including phenoxy) is 1. The summed E-state index contributed by atoms with van der Waals surface area (Å²) in [5.41, 5.74) is 1.08. The maximum atomic E-state index is 11.9. The summed E-state index contributed by atoms with van der Waals surface area (Å²) in [6.45, 7) is 2.53. The van der Waals surface area contributed by atoms with Gasteiger partial charge in [0.25, 0.3) is 11.8 Å². The summed E-state index contributed by atoms with van der Waals surface area (Å²) in [6, 6.07) is 15.9. The number of hydrogen-bond acceptors (Lipinski definition) is 3. The van der Waals surface area contributed by atoms with Crippen molar-refractivity contribution in [2.45, 2.75) is 13.3 Å². The van der Waals surface area contributed by atoms with Crippen LogP contribution in [0.1, 0.15) is 23.7 Å². The Labute approximate surface area is 135 Å². The van der Waals surface area contributed by atoms with Crippen LogP contribution in [0.4, 0.5) is 5.69 Å². The van der Waals surface area contributed by atoms with E-state index in [1.165, 1.54) is 0 Å². The van der Waals surface area contributed by atoms with Gasteiger partial charge in [-0.15, -0.1) is 0 Å². The lowest BCUT2D eigenvalue weighted by molar-refractivity contribution is -0.118. The predicted octanol–water partition coefficient (Wildman–Crippen LogP) is 2.84. The van der Waals surface area contributed by atoms with Crippen LogP contribution in [0.25, 0.3) is 0 Å². The summed E-state index contributed by atoms with van der Waals surface area (Å²) in [5, 5.41) is 5.52. The maximum Gasteiger partial charge on any atom is 0.262 e. The van der Waals surface area contributed by atoms with Crippen molar-refractivity contribution >= 4 is 17.5 Å². The Balaban J connectivity index is 1.89. The molecular formula is C18H20N2O3. The Morgan fingerprint density at radius 2 is 1.83 bits per heavy atom. The number of amides is 2. The normalized spacial score (nSPS) is 9.96. The third kappa shape index (κ3) is 5.47. The van der Waals surface area contributed by atoms with E-state index in [1.54, 1.807) is 36.4 Å². The Hall–Kier alpha value is -2.82. The summed E-state index contributed by atoms with van der Waals surface area (Å²) in [7, 11) is 0. The van der Waals surface area contributed by atoms with Crippen molar-refractivity contribution in [1.82, 2.24) is 5.32 Å². The van der Waals surface area contributed by atoms with Crippen LogP contribution in [0.3, 0.4) is 0 Å². The highest BCUT2D eigenvalue weighted by atomic mass is 16.5. The molecule has 120 valence electrons. The molecule has 0 atom stereocenters. The summed E-state index contributed by atoms with van der Waals surface area (Å²) >= 11 is 0. The fourth-order valence-corrected chi connectivity index (χ4v) is 1.94. The van der Waals surface area contributed by atoms with E-state index in [4.69, 9.17) is 4.74 Å². The Bertz CT molecular complexity index is 656. The molecule has 0 spiro atoms. The molecule has 0 saturated carbocycles. The van der Waals surface area contributed by atoms with E-state index in [0.29, 0.717) is 23.5 Å². The van der Waals surface area contributed by atoms with Crippen LogP contribution >= 0.6 is 0 Å². The monoisotopic (exact) mass is 312 g/mol. The van der Waals surface area contributed by atoms with Crippen LogP contribution in [0.5, 0.6) is 5.75 Å². The largest absolute Gasteiger partial charge is 0.484 e. The first-order valence-electron chi connectivity index (χ1n) is 7.55. The average molecular weight is 312 g/mol. The van der Waals surface area contributed by atoms with Gasteiger partial charge >= 0.3 is 0 Å². The predicted molar refractivity (Wildman–Crippen MR) is 89.6 cm³/mol. The number of para-hydroxylation sites is 1. The van der Waals surface area contributed by atoms with Crippen molar-refractivity contribution in [2.24, 2.45) is 0 Å². The zero-order chi connectivity index (χ0) is 16.5. The molecule has 0 aromatic heterocycles. The molecule has 0 unspecified atom stereocenters. The minimum atomic E-state index is -0.278. The van der Waals surface area contributed by atoms with E-state index in [2.05, 4.69) is 10.6 Å². The first-order chi connectivity index (χ1) is 11.2. The van der Waals surface area contributed by atoms with Crippen molar-refractivity contribution in [2.75, 3.05) is 18.5 Å². The molecule has 5 heteroatoms. The lowest BCUT2D eigenvalue weighted by atomic mass is 10.2. The van der Waals surface area contributed by atoms with E-state index in [0.717, 1.165) is 6.42 Å². The Morgan fingerprint density at radius 3 is 2.57 bits per heavy atom. The molecule has 0 aliphatic heterocycles. The molecule has 0 aliphatic carbocycles. The Kier molecular flexibility index (Phi) is 6.17. The van der Waals surface area contributed by atoms with Crippen LogP contribution in [-0.4, -0.2) is 25.0 Å². The van der Waals surface area contributed by atoms with Gasteiger partial charge in [-0.2, -0.15) is 0 Å². The van der Waals surface area contributed by atoms with Crippen molar-refractivity contribution in [1.29, 1.82) is 0 Å². The van der Waals surface area contributed by atoms with E-state index in [1.807, 2.05) is 25.1 Å². The number of benzene rings is 2. The van der Waals surface area contributed by atoms with Crippen LogP contribution in [0, 0.1) is 0 Å². The second-order valence-electron chi connectivity index (χ2n) is 4.99. The highest BCUT2D eigenvalue weighted by Crippen LogP contribution is 2.12. The van der Waals surface area contributed by atoms with Gasteiger partial charge in [0.1, 0.15) is 5.75 Å². The van der Waals surface area contributed by atoms with Gasteiger partial charge in [0.15, 0.2) is 6.61 Å². The maximum absolute atomic E-state index is 11.9. The SMILES string of the molecule is CCCNC(=O)c1cccc(NC(=O)COc2ccccc2)c1. The molecule has 2 aromatic carbocycles. The molecule has 0 bridgehead atoms. The van der Waals surface area contributed by atoms with Crippen molar-refractivity contribution in [3.8, 4) is 5.75 Å². The lowest BCUT2D eigenvalue weighted by Crippen LogP contribution is -2.24. The molecule has 0 saturated heterocycles. The van der Waals surface area contributed by atoms with Gasteiger partial charge in [-0.05, 0) is 36.8 Å². The van der Waals surface area contributed by atoms with Crippen LogP contribution < -0.4 is 15.4 Å². The van der Waals surface area contributed by atoms with Crippen LogP contribution in [-0.2, 0) is 4.79 Å². The van der Waals surface area contributed by atoms with Gasteiger partial charge in [-0.3, -0.25) is 9.59 Å². The molecule has 23 heavy (non-hydrogen) atoms. The second kappa shape index (κ2) is 8.58.